The molecule has 0 aromatic carbocycles. The quantitative estimate of drug-likeness (QED) is 0.762. The molecule has 0 saturated carbocycles. The van der Waals surface area contributed by atoms with Crippen molar-refractivity contribution in [2.75, 3.05) is 57.6 Å². The maximum atomic E-state index is 12.3. The zero-order valence-corrected chi connectivity index (χ0v) is 15.7. The molecular weight excluding hydrogens is 334 g/mol. The summed E-state index contributed by atoms with van der Waals surface area (Å²) >= 11 is 0. The van der Waals surface area contributed by atoms with Gasteiger partial charge in [0.25, 0.3) is 0 Å². The van der Waals surface area contributed by atoms with Crippen molar-refractivity contribution in [3.8, 4) is 5.88 Å². The van der Waals surface area contributed by atoms with Gasteiger partial charge >= 0.3 is 0 Å². The molecule has 144 valence electrons. The lowest BCUT2D eigenvalue weighted by atomic mass is 9.73. The van der Waals surface area contributed by atoms with Gasteiger partial charge in [-0.25, -0.2) is 0 Å². The molecule has 1 atom stereocenters. The van der Waals surface area contributed by atoms with Gasteiger partial charge in [0.2, 0.25) is 17.7 Å². The maximum absolute atomic E-state index is 12.3. The highest BCUT2D eigenvalue weighted by molar-refractivity contribution is 5.77. The van der Waals surface area contributed by atoms with E-state index in [1.54, 1.807) is 14.2 Å². The van der Waals surface area contributed by atoms with Crippen molar-refractivity contribution in [3.05, 3.63) is 6.07 Å². The van der Waals surface area contributed by atoms with Crippen molar-refractivity contribution in [3.63, 3.8) is 0 Å². The minimum absolute atomic E-state index is 0.117. The molecule has 3 rings (SSSR count). The fourth-order valence-corrected chi connectivity index (χ4v) is 4.14. The largest absolute Gasteiger partial charge is 0.481 e. The predicted octanol–water partition coefficient (Wildman–Crippen LogP) is 1.31. The minimum Gasteiger partial charge on any atom is -0.481 e. The first-order valence-electron chi connectivity index (χ1n) is 9.25. The van der Waals surface area contributed by atoms with Gasteiger partial charge in [-0.15, -0.1) is 0 Å². The number of hydrogen-bond donors (Lipinski definition) is 1. The molecule has 2 saturated heterocycles. The van der Waals surface area contributed by atoms with E-state index in [9.17, 15) is 4.79 Å². The molecule has 8 heteroatoms. The summed E-state index contributed by atoms with van der Waals surface area (Å²) in [6.07, 6.45) is 4.64. The van der Waals surface area contributed by atoms with Gasteiger partial charge in [0, 0.05) is 57.8 Å². The lowest BCUT2D eigenvalue weighted by Gasteiger charge is -2.48. The molecule has 0 bridgehead atoms. The third kappa shape index (κ3) is 4.17. The molecule has 2 aliphatic rings. The van der Waals surface area contributed by atoms with Crippen LogP contribution in [0.2, 0.25) is 0 Å². The van der Waals surface area contributed by atoms with Gasteiger partial charge in [-0.1, -0.05) is 0 Å². The van der Waals surface area contributed by atoms with Crippen LogP contribution in [-0.4, -0.2) is 67.8 Å². The molecule has 1 aromatic rings. The van der Waals surface area contributed by atoms with E-state index in [4.69, 9.17) is 15.2 Å². The van der Waals surface area contributed by atoms with E-state index in [1.165, 1.54) is 0 Å². The van der Waals surface area contributed by atoms with Crippen molar-refractivity contribution in [2.45, 2.75) is 32.1 Å². The number of aromatic nitrogens is 2. The molecular formula is C18H29N5O3. The number of hydrogen-bond acceptors (Lipinski definition) is 7. The number of carbonyl (C=O) groups is 1. The summed E-state index contributed by atoms with van der Waals surface area (Å²) in [5, 5.41) is 0. The normalized spacial score (nSPS) is 23.5. The van der Waals surface area contributed by atoms with E-state index in [0.29, 0.717) is 18.9 Å². The molecule has 1 aromatic heterocycles. The van der Waals surface area contributed by atoms with Crippen LogP contribution in [0.15, 0.2) is 6.07 Å². The fourth-order valence-electron chi connectivity index (χ4n) is 4.14. The second kappa shape index (κ2) is 8.07. The zero-order valence-electron chi connectivity index (χ0n) is 15.7. The van der Waals surface area contributed by atoms with Crippen LogP contribution in [0.25, 0.3) is 0 Å². The lowest BCUT2D eigenvalue weighted by molar-refractivity contribution is -0.138. The molecule has 2 N–H and O–H groups in total. The molecule has 1 spiro atoms. The van der Waals surface area contributed by atoms with Crippen LogP contribution in [0.3, 0.4) is 0 Å². The fraction of sp³-hybridized carbons (Fsp3) is 0.722. The minimum atomic E-state index is 0.117. The number of rotatable bonds is 6. The summed E-state index contributed by atoms with van der Waals surface area (Å²) in [6.45, 7) is 4.06. The van der Waals surface area contributed by atoms with E-state index in [1.807, 2.05) is 11.0 Å². The topological polar surface area (TPSA) is 93.8 Å². The molecule has 2 fully saturated rings. The van der Waals surface area contributed by atoms with Gasteiger partial charge < -0.3 is 25.0 Å². The molecule has 2 aliphatic heterocycles. The highest BCUT2D eigenvalue weighted by atomic mass is 16.5. The van der Waals surface area contributed by atoms with E-state index in [2.05, 4.69) is 14.9 Å². The highest BCUT2D eigenvalue weighted by Crippen LogP contribution is 2.40. The van der Waals surface area contributed by atoms with Gasteiger partial charge in [-0.3, -0.25) is 4.79 Å². The van der Waals surface area contributed by atoms with Gasteiger partial charge in [-0.2, -0.15) is 9.97 Å². The van der Waals surface area contributed by atoms with Crippen LogP contribution in [0.4, 0.5) is 11.8 Å². The summed E-state index contributed by atoms with van der Waals surface area (Å²) in [4.78, 5) is 25.0. The van der Waals surface area contributed by atoms with Crippen LogP contribution in [-0.2, 0) is 9.53 Å². The molecule has 0 radical (unpaired) electrons. The average Bonchev–Trinajstić information content (AvgIpc) is 2.64. The van der Waals surface area contributed by atoms with Crippen LogP contribution < -0.4 is 15.4 Å². The number of amides is 1. The van der Waals surface area contributed by atoms with Gasteiger partial charge in [0.05, 0.1) is 7.11 Å². The molecule has 1 amide bonds. The SMILES string of the molecule is COCCCN1C[C@@]2(CCCN(c3cc(OC)nc(N)n3)C2)CCC1=O. The number of piperidine rings is 2. The highest BCUT2D eigenvalue weighted by Gasteiger charge is 2.42. The summed E-state index contributed by atoms with van der Waals surface area (Å²) < 4.78 is 10.4. The van der Waals surface area contributed by atoms with E-state index in [0.717, 1.165) is 57.7 Å². The Morgan fingerprint density at radius 1 is 1.27 bits per heavy atom. The van der Waals surface area contributed by atoms with Crippen molar-refractivity contribution in [2.24, 2.45) is 5.41 Å². The molecule has 0 unspecified atom stereocenters. The Balaban J connectivity index is 1.72. The first-order chi connectivity index (χ1) is 12.5. The number of nitrogens with two attached hydrogens (primary N) is 1. The van der Waals surface area contributed by atoms with E-state index >= 15 is 0 Å². The van der Waals surface area contributed by atoms with Crippen molar-refractivity contribution >= 4 is 17.7 Å². The Hall–Kier alpha value is -2.09. The third-order valence-electron chi connectivity index (χ3n) is 5.43. The number of methoxy groups -OCH3 is 2. The first kappa shape index (κ1) is 18.7. The van der Waals surface area contributed by atoms with Crippen molar-refractivity contribution < 1.29 is 14.3 Å². The Morgan fingerprint density at radius 3 is 2.88 bits per heavy atom. The predicted molar refractivity (Wildman–Crippen MR) is 99.2 cm³/mol. The second-order valence-electron chi connectivity index (χ2n) is 7.31. The Labute approximate surface area is 154 Å². The van der Waals surface area contributed by atoms with Crippen LogP contribution >= 0.6 is 0 Å². The summed E-state index contributed by atoms with van der Waals surface area (Å²) in [7, 11) is 3.27. The first-order valence-corrected chi connectivity index (χ1v) is 9.25. The Morgan fingerprint density at radius 2 is 2.12 bits per heavy atom. The molecule has 3 heterocycles. The molecule has 8 nitrogen and oxygen atoms in total. The number of nitrogens with zero attached hydrogens (tertiary/aromatic N) is 4. The monoisotopic (exact) mass is 363 g/mol. The number of nitrogen functional groups attached to an aromatic ring is 1. The number of anilines is 2. The number of likely N-dealkylation sites (tertiary alicyclic amines) is 1. The third-order valence-corrected chi connectivity index (χ3v) is 5.43. The van der Waals surface area contributed by atoms with Gasteiger partial charge in [-0.05, 0) is 25.7 Å². The Kier molecular flexibility index (Phi) is 5.80. The van der Waals surface area contributed by atoms with Crippen LogP contribution in [0, 0.1) is 5.41 Å². The standard InChI is InChI=1S/C18H29N5O3/c1-25-10-4-9-23-13-18(7-5-16(23)24)6-3-8-22(12-18)14-11-15(26-2)21-17(19)20-14/h11H,3-10,12-13H2,1-2H3,(H2,19,20,21)/t18-/m0/s1. The van der Waals surface area contributed by atoms with E-state index in [-0.39, 0.29) is 17.3 Å². The lowest BCUT2D eigenvalue weighted by Crippen LogP contribution is -2.54. The molecule has 26 heavy (non-hydrogen) atoms. The summed E-state index contributed by atoms with van der Waals surface area (Å²) in [5.74, 6) is 1.76. The van der Waals surface area contributed by atoms with Crippen LogP contribution in [0.5, 0.6) is 5.88 Å². The van der Waals surface area contributed by atoms with Gasteiger partial charge in [0.1, 0.15) is 5.82 Å². The number of ether oxygens (including phenoxy) is 2. The maximum Gasteiger partial charge on any atom is 0.225 e. The zero-order chi connectivity index (χ0) is 18.6. The van der Waals surface area contributed by atoms with E-state index < -0.39 is 0 Å². The van der Waals surface area contributed by atoms with Crippen molar-refractivity contribution in [1.29, 1.82) is 0 Å². The van der Waals surface area contributed by atoms with Crippen LogP contribution in [0.1, 0.15) is 32.1 Å². The smallest absolute Gasteiger partial charge is 0.225 e. The average molecular weight is 363 g/mol. The molecule has 0 aliphatic carbocycles. The second-order valence-corrected chi connectivity index (χ2v) is 7.31. The number of carbonyl (C=O) groups excluding carboxylic acids is 1. The van der Waals surface area contributed by atoms with Crippen molar-refractivity contribution in [1.82, 2.24) is 14.9 Å². The summed E-state index contributed by atoms with van der Waals surface area (Å²) in [5.41, 5.74) is 5.94. The van der Waals surface area contributed by atoms with Gasteiger partial charge in [0.15, 0.2) is 0 Å². The summed E-state index contributed by atoms with van der Waals surface area (Å²) in [6, 6.07) is 1.83. The Bertz CT molecular complexity index is 641.